The highest BCUT2D eigenvalue weighted by Gasteiger charge is 2.61. The predicted molar refractivity (Wildman–Crippen MR) is 94.4 cm³/mol. The molecule has 1 aliphatic heterocycles. The first-order valence-corrected chi connectivity index (χ1v) is 9.61. The summed E-state index contributed by atoms with van der Waals surface area (Å²) >= 11 is 0. The van der Waals surface area contributed by atoms with E-state index in [0.29, 0.717) is 24.8 Å². The normalized spacial score (nSPS) is 28.5. The van der Waals surface area contributed by atoms with Gasteiger partial charge in [-0.3, -0.25) is 14.6 Å². The SMILES string of the molecule is O=C(NCc1cccnc1)[C@@H]1C[C@@]12CCN(C(=O)CC1CCCC1)C2. The van der Waals surface area contributed by atoms with Crippen LogP contribution in [-0.2, 0) is 16.1 Å². The molecule has 1 saturated heterocycles. The zero-order valence-corrected chi connectivity index (χ0v) is 14.7. The molecule has 2 atom stereocenters. The molecule has 2 saturated carbocycles. The number of aromatic nitrogens is 1. The van der Waals surface area contributed by atoms with Crippen LogP contribution in [0.3, 0.4) is 0 Å². The summed E-state index contributed by atoms with van der Waals surface area (Å²) in [5.74, 6) is 1.12. The second-order valence-electron chi connectivity index (χ2n) is 8.12. The minimum Gasteiger partial charge on any atom is -0.352 e. The molecule has 2 aliphatic carbocycles. The Balaban J connectivity index is 1.25. The highest BCUT2D eigenvalue weighted by atomic mass is 16.2. The Morgan fingerprint density at radius 1 is 1.32 bits per heavy atom. The van der Waals surface area contributed by atoms with Crippen molar-refractivity contribution in [1.82, 2.24) is 15.2 Å². The fourth-order valence-corrected chi connectivity index (χ4v) is 4.68. The van der Waals surface area contributed by atoms with Gasteiger partial charge in [0, 0.05) is 49.8 Å². The van der Waals surface area contributed by atoms with Gasteiger partial charge in [-0.25, -0.2) is 0 Å². The van der Waals surface area contributed by atoms with Crippen LogP contribution in [0.4, 0.5) is 0 Å². The van der Waals surface area contributed by atoms with Crippen molar-refractivity contribution in [2.75, 3.05) is 13.1 Å². The molecule has 5 heteroatoms. The highest BCUT2D eigenvalue weighted by molar-refractivity contribution is 5.83. The molecule has 1 spiro atoms. The Hall–Kier alpha value is -1.91. The van der Waals surface area contributed by atoms with Gasteiger partial charge in [-0.15, -0.1) is 0 Å². The van der Waals surface area contributed by atoms with Crippen molar-refractivity contribution in [1.29, 1.82) is 0 Å². The molecule has 0 unspecified atom stereocenters. The summed E-state index contributed by atoms with van der Waals surface area (Å²) in [7, 11) is 0. The molecule has 1 N–H and O–H groups in total. The van der Waals surface area contributed by atoms with Crippen molar-refractivity contribution in [2.24, 2.45) is 17.3 Å². The van der Waals surface area contributed by atoms with Gasteiger partial charge in [0.05, 0.1) is 0 Å². The van der Waals surface area contributed by atoms with Crippen molar-refractivity contribution in [2.45, 2.75) is 51.5 Å². The maximum absolute atomic E-state index is 12.5. The van der Waals surface area contributed by atoms with Crippen LogP contribution in [0.1, 0.15) is 50.5 Å². The topological polar surface area (TPSA) is 62.3 Å². The number of carbonyl (C=O) groups excluding carboxylic acids is 2. The van der Waals surface area contributed by atoms with Crippen molar-refractivity contribution in [3.63, 3.8) is 0 Å². The van der Waals surface area contributed by atoms with Gasteiger partial charge in [-0.1, -0.05) is 18.9 Å². The van der Waals surface area contributed by atoms with E-state index in [4.69, 9.17) is 0 Å². The van der Waals surface area contributed by atoms with E-state index in [-0.39, 0.29) is 17.2 Å². The smallest absolute Gasteiger partial charge is 0.224 e. The van der Waals surface area contributed by atoms with Crippen molar-refractivity contribution >= 4 is 11.8 Å². The largest absolute Gasteiger partial charge is 0.352 e. The number of pyridine rings is 1. The van der Waals surface area contributed by atoms with Gasteiger partial charge in [0.15, 0.2) is 0 Å². The number of amides is 2. The molecule has 134 valence electrons. The molecule has 0 bridgehead atoms. The predicted octanol–water partition coefficient (Wildman–Crippen LogP) is 2.52. The lowest BCUT2D eigenvalue weighted by Gasteiger charge is -2.19. The molecule has 1 aromatic rings. The molecule has 3 aliphatic rings. The summed E-state index contributed by atoms with van der Waals surface area (Å²) in [5, 5.41) is 3.03. The van der Waals surface area contributed by atoms with Crippen LogP contribution in [0, 0.1) is 17.3 Å². The summed E-state index contributed by atoms with van der Waals surface area (Å²) in [6.07, 6.45) is 11.1. The maximum Gasteiger partial charge on any atom is 0.224 e. The van der Waals surface area contributed by atoms with Crippen LogP contribution in [0.15, 0.2) is 24.5 Å². The monoisotopic (exact) mass is 341 g/mol. The summed E-state index contributed by atoms with van der Waals surface area (Å²) in [4.78, 5) is 31.1. The fourth-order valence-electron chi connectivity index (χ4n) is 4.68. The van der Waals surface area contributed by atoms with E-state index in [9.17, 15) is 9.59 Å². The summed E-state index contributed by atoms with van der Waals surface area (Å²) in [5.41, 5.74) is 1.08. The highest BCUT2D eigenvalue weighted by Crippen LogP contribution is 2.58. The summed E-state index contributed by atoms with van der Waals surface area (Å²) in [6, 6.07) is 3.85. The number of rotatable bonds is 5. The first-order valence-electron chi connectivity index (χ1n) is 9.61. The van der Waals surface area contributed by atoms with E-state index in [2.05, 4.69) is 10.3 Å². The minimum atomic E-state index is 0.0599. The zero-order chi connectivity index (χ0) is 17.3. The lowest BCUT2D eigenvalue weighted by atomic mass is 10.0. The lowest BCUT2D eigenvalue weighted by molar-refractivity contribution is -0.131. The first kappa shape index (κ1) is 16.6. The van der Waals surface area contributed by atoms with Gasteiger partial charge in [0.25, 0.3) is 0 Å². The first-order chi connectivity index (χ1) is 12.2. The quantitative estimate of drug-likeness (QED) is 0.895. The Bertz CT molecular complexity index is 642. The van der Waals surface area contributed by atoms with Gasteiger partial charge in [-0.2, -0.15) is 0 Å². The van der Waals surface area contributed by atoms with Crippen LogP contribution >= 0.6 is 0 Å². The Kier molecular flexibility index (Phi) is 4.48. The fraction of sp³-hybridized carbons (Fsp3) is 0.650. The number of likely N-dealkylation sites (tertiary alicyclic amines) is 1. The number of hydrogen-bond donors (Lipinski definition) is 1. The van der Waals surface area contributed by atoms with Crippen LogP contribution in [0.25, 0.3) is 0 Å². The zero-order valence-electron chi connectivity index (χ0n) is 14.7. The van der Waals surface area contributed by atoms with E-state index in [0.717, 1.165) is 31.5 Å². The molecule has 5 nitrogen and oxygen atoms in total. The Morgan fingerprint density at radius 3 is 2.92 bits per heavy atom. The summed E-state index contributed by atoms with van der Waals surface area (Å²) in [6.45, 7) is 2.14. The van der Waals surface area contributed by atoms with Gasteiger partial charge in [0.1, 0.15) is 0 Å². The van der Waals surface area contributed by atoms with E-state index in [1.807, 2.05) is 17.0 Å². The molecule has 0 aromatic carbocycles. The average molecular weight is 341 g/mol. The second-order valence-corrected chi connectivity index (χ2v) is 8.12. The third-order valence-electron chi connectivity index (χ3n) is 6.37. The van der Waals surface area contributed by atoms with Crippen LogP contribution in [-0.4, -0.2) is 34.8 Å². The number of nitrogens with zero attached hydrogens (tertiary/aromatic N) is 2. The molecule has 2 amide bonds. The molecule has 0 radical (unpaired) electrons. The minimum absolute atomic E-state index is 0.0599. The number of nitrogens with one attached hydrogen (secondary N) is 1. The molecular formula is C20H27N3O2. The Labute approximate surface area is 149 Å². The number of carbonyl (C=O) groups is 2. The van der Waals surface area contributed by atoms with E-state index < -0.39 is 0 Å². The van der Waals surface area contributed by atoms with E-state index in [1.54, 1.807) is 12.4 Å². The van der Waals surface area contributed by atoms with Crippen molar-refractivity contribution in [3.05, 3.63) is 30.1 Å². The number of hydrogen-bond acceptors (Lipinski definition) is 3. The van der Waals surface area contributed by atoms with Gasteiger partial charge >= 0.3 is 0 Å². The van der Waals surface area contributed by atoms with Gasteiger partial charge < -0.3 is 10.2 Å². The molecule has 25 heavy (non-hydrogen) atoms. The molecule has 3 fully saturated rings. The van der Waals surface area contributed by atoms with Crippen molar-refractivity contribution < 1.29 is 9.59 Å². The third kappa shape index (κ3) is 3.55. The van der Waals surface area contributed by atoms with Crippen LogP contribution in [0.5, 0.6) is 0 Å². The Morgan fingerprint density at radius 2 is 2.16 bits per heavy atom. The maximum atomic E-state index is 12.5. The lowest BCUT2D eigenvalue weighted by Crippen LogP contribution is -2.32. The standard InChI is InChI=1S/C20H27N3O2/c24-18(10-15-4-1-2-5-15)23-9-7-20(14-23)11-17(20)19(25)22-13-16-6-3-8-21-12-16/h3,6,8,12,15,17H,1-2,4-5,7,9-11,13-14H2,(H,22,25)/t17-,20+/m0/s1. The van der Waals surface area contributed by atoms with Crippen LogP contribution in [0.2, 0.25) is 0 Å². The van der Waals surface area contributed by atoms with Gasteiger partial charge in [-0.05, 0) is 43.2 Å². The van der Waals surface area contributed by atoms with Gasteiger partial charge in [0.2, 0.25) is 11.8 Å². The average Bonchev–Trinajstić information content (AvgIpc) is 2.96. The van der Waals surface area contributed by atoms with E-state index in [1.165, 1.54) is 25.7 Å². The van der Waals surface area contributed by atoms with Crippen molar-refractivity contribution in [3.8, 4) is 0 Å². The third-order valence-corrected chi connectivity index (χ3v) is 6.37. The molecule has 2 heterocycles. The second kappa shape index (κ2) is 6.77. The molecule has 1 aromatic heterocycles. The molecule has 4 rings (SSSR count). The molecular weight excluding hydrogens is 314 g/mol. The van der Waals surface area contributed by atoms with Crippen LogP contribution < -0.4 is 5.32 Å². The van der Waals surface area contributed by atoms with E-state index >= 15 is 0 Å². The summed E-state index contributed by atoms with van der Waals surface area (Å²) < 4.78 is 0.